The van der Waals surface area contributed by atoms with E-state index in [4.69, 9.17) is 0 Å². The van der Waals surface area contributed by atoms with Crippen molar-refractivity contribution in [1.82, 2.24) is 6.15 Å². The van der Waals surface area contributed by atoms with Crippen molar-refractivity contribution >= 4 is 0 Å². The zero-order valence-corrected chi connectivity index (χ0v) is 5.28. The van der Waals surface area contributed by atoms with Crippen LogP contribution in [0.2, 0.25) is 0 Å². The molecule has 1 rings (SSSR count). The van der Waals surface area contributed by atoms with Crippen molar-refractivity contribution in [2.45, 2.75) is 26.7 Å². The largest absolute Gasteiger partial charge is 0.344 e. The van der Waals surface area contributed by atoms with Gasteiger partial charge in [-0.2, -0.15) is 0 Å². The van der Waals surface area contributed by atoms with E-state index in [1.807, 2.05) is 0 Å². The van der Waals surface area contributed by atoms with Crippen LogP contribution >= 0.6 is 0 Å². The van der Waals surface area contributed by atoms with E-state index in [0.717, 1.165) is 11.8 Å². The minimum absolute atomic E-state index is 0. The number of rotatable bonds is 1. The second-order valence-corrected chi connectivity index (χ2v) is 2.58. The summed E-state index contributed by atoms with van der Waals surface area (Å²) < 4.78 is 0. The van der Waals surface area contributed by atoms with Gasteiger partial charge in [-0.25, -0.2) is 0 Å². The SMILES string of the molecule is CC(C)C1CC1.N. The fraction of sp³-hybridized carbons (Fsp3) is 1.00. The van der Waals surface area contributed by atoms with Gasteiger partial charge in [-0.1, -0.05) is 13.8 Å². The molecular formula is C6H15N. The molecule has 0 saturated heterocycles. The molecule has 0 spiro atoms. The maximum Gasteiger partial charge on any atom is -0.0391 e. The van der Waals surface area contributed by atoms with Crippen LogP contribution in [-0.2, 0) is 0 Å². The molecule has 0 atom stereocenters. The van der Waals surface area contributed by atoms with Crippen LogP contribution in [0, 0.1) is 11.8 Å². The standard InChI is InChI=1S/C6H12.H3N/c1-5(2)6-3-4-6;/h5-6H,3-4H2,1-2H3;1H3. The molecule has 1 aliphatic carbocycles. The molecule has 7 heavy (non-hydrogen) atoms. The Hall–Kier alpha value is -0.0400. The van der Waals surface area contributed by atoms with Crippen molar-refractivity contribution in [3.63, 3.8) is 0 Å². The van der Waals surface area contributed by atoms with Crippen molar-refractivity contribution < 1.29 is 0 Å². The molecule has 1 fully saturated rings. The van der Waals surface area contributed by atoms with Gasteiger partial charge in [0.15, 0.2) is 0 Å². The molecule has 0 unspecified atom stereocenters. The lowest BCUT2D eigenvalue weighted by Gasteiger charge is -1.94. The summed E-state index contributed by atoms with van der Waals surface area (Å²) in [6, 6.07) is 0. The molecular weight excluding hydrogens is 86.1 g/mol. The third kappa shape index (κ3) is 1.93. The van der Waals surface area contributed by atoms with Gasteiger partial charge >= 0.3 is 0 Å². The Bertz CT molecular complexity index is 46.1. The molecule has 1 nitrogen and oxygen atoms in total. The summed E-state index contributed by atoms with van der Waals surface area (Å²) in [6.07, 6.45) is 3.00. The first-order valence-electron chi connectivity index (χ1n) is 2.80. The third-order valence-electron chi connectivity index (χ3n) is 1.56. The first kappa shape index (κ1) is 6.96. The smallest absolute Gasteiger partial charge is 0.0391 e. The zero-order valence-electron chi connectivity index (χ0n) is 5.28. The van der Waals surface area contributed by atoms with E-state index in [9.17, 15) is 0 Å². The molecule has 3 N–H and O–H groups in total. The van der Waals surface area contributed by atoms with Crippen LogP contribution in [0.4, 0.5) is 0 Å². The van der Waals surface area contributed by atoms with Crippen molar-refractivity contribution in [2.24, 2.45) is 11.8 Å². The Balaban J connectivity index is 0.000000360. The van der Waals surface area contributed by atoms with Crippen molar-refractivity contribution in [1.29, 1.82) is 0 Å². The molecule has 1 saturated carbocycles. The van der Waals surface area contributed by atoms with Gasteiger partial charge < -0.3 is 6.15 Å². The van der Waals surface area contributed by atoms with E-state index in [1.165, 1.54) is 12.8 Å². The average Bonchev–Trinajstić information content (AvgIpc) is 2.06. The Morgan fingerprint density at radius 1 is 1.29 bits per heavy atom. The van der Waals surface area contributed by atoms with E-state index in [-0.39, 0.29) is 6.15 Å². The van der Waals surface area contributed by atoms with Gasteiger partial charge in [-0.05, 0) is 24.7 Å². The minimum atomic E-state index is 0. The fourth-order valence-corrected chi connectivity index (χ4v) is 0.763. The molecule has 0 radical (unpaired) electrons. The van der Waals surface area contributed by atoms with Crippen LogP contribution in [0.5, 0.6) is 0 Å². The predicted molar refractivity (Wildman–Crippen MR) is 32.6 cm³/mol. The maximum absolute atomic E-state index is 2.30. The summed E-state index contributed by atoms with van der Waals surface area (Å²) in [5.74, 6) is 2.06. The summed E-state index contributed by atoms with van der Waals surface area (Å²) in [5.41, 5.74) is 0. The van der Waals surface area contributed by atoms with Gasteiger partial charge in [-0.15, -0.1) is 0 Å². The van der Waals surface area contributed by atoms with Crippen LogP contribution in [0.15, 0.2) is 0 Å². The van der Waals surface area contributed by atoms with Gasteiger partial charge in [-0.3, -0.25) is 0 Å². The Labute approximate surface area is 45.7 Å². The van der Waals surface area contributed by atoms with Gasteiger partial charge in [0.1, 0.15) is 0 Å². The third-order valence-corrected chi connectivity index (χ3v) is 1.56. The first-order chi connectivity index (χ1) is 2.80. The summed E-state index contributed by atoms with van der Waals surface area (Å²) in [5, 5.41) is 0. The van der Waals surface area contributed by atoms with E-state index >= 15 is 0 Å². The Kier molecular flexibility index (Phi) is 2.30. The second kappa shape index (κ2) is 2.31. The van der Waals surface area contributed by atoms with E-state index in [0.29, 0.717) is 0 Å². The van der Waals surface area contributed by atoms with Crippen LogP contribution in [0.1, 0.15) is 26.7 Å². The summed E-state index contributed by atoms with van der Waals surface area (Å²) in [4.78, 5) is 0. The summed E-state index contributed by atoms with van der Waals surface area (Å²) in [6.45, 7) is 4.61. The van der Waals surface area contributed by atoms with Crippen molar-refractivity contribution in [3.05, 3.63) is 0 Å². The number of hydrogen-bond donors (Lipinski definition) is 1. The molecule has 1 aliphatic rings. The van der Waals surface area contributed by atoms with E-state index in [2.05, 4.69) is 13.8 Å². The monoisotopic (exact) mass is 101 g/mol. The lowest BCUT2D eigenvalue weighted by molar-refractivity contribution is 0.563. The van der Waals surface area contributed by atoms with Crippen LogP contribution < -0.4 is 6.15 Å². The predicted octanol–water partition coefficient (Wildman–Crippen LogP) is 2.21. The lowest BCUT2D eigenvalue weighted by atomic mass is 10.1. The van der Waals surface area contributed by atoms with Crippen molar-refractivity contribution in [2.75, 3.05) is 0 Å². The van der Waals surface area contributed by atoms with E-state index in [1.54, 1.807) is 0 Å². The highest BCUT2D eigenvalue weighted by molar-refractivity contribution is 4.75. The van der Waals surface area contributed by atoms with Gasteiger partial charge in [0, 0.05) is 0 Å². The number of hydrogen-bond acceptors (Lipinski definition) is 1. The van der Waals surface area contributed by atoms with Crippen LogP contribution in [-0.4, -0.2) is 0 Å². The zero-order chi connectivity index (χ0) is 4.57. The average molecular weight is 101 g/mol. The Morgan fingerprint density at radius 3 is 1.71 bits per heavy atom. The first-order valence-corrected chi connectivity index (χ1v) is 2.80. The quantitative estimate of drug-likeness (QED) is 0.540. The highest BCUT2D eigenvalue weighted by Crippen LogP contribution is 2.35. The van der Waals surface area contributed by atoms with Crippen LogP contribution in [0.3, 0.4) is 0 Å². The highest BCUT2D eigenvalue weighted by atomic mass is 14.3. The van der Waals surface area contributed by atoms with Gasteiger partial charge in [0.25, 0.3) is 0 Å². The molecule has 0 aromatic rings. The molecule has 0 amide bonds. The van der Waals surface area contributed by atoms with Crippen LogP contribution in [0.25, 0.3) is 0 Å². The normalized spacial score (nSPS) is 19.3. The molecule has 0 aromatic carbocycles. The molecule has 1 heteroatoms. The molecule has 0 aliphatic heterocycles. The summed E-state index contributed by atoms with van der Waals surface area (Å²) in [7, 11) is 0. The Morgan fingerprint density at radius 2 is 1.71 bits per heavy atom. The maximum atomic E-state index is 2.30. The fourth-order valence-electron chi connectivity index (χ4n) is 0.763. The molecule has 0 aromatic heterocycles. The molecule has 0 bridgehead atoms. The van der Waals surface area contributed by atoms with Gasteiger partial charge in [0.2, 0.25) is 0 Å². The lowest BCUT2D eigenvalue weighted by Crippen LogP contribution is -1.85. The highest BCUT2D eigenvalue weighted by Gasteiger charge is 2.23. The summed E-state index contributed by atoms with van der Waals surface area (Å²) >= 11 is 0. The topological polar surface area (TPSA) is 35.0 Å². The van der Waals surface area contributed by atoms with Crippen molar-refractivity contribution in [3.8, 4) is 0 Å². The minimum Gasteiger partial charge on any atom is -0.344 e. The van der Waals surface area contributed by atoms with E-state index < -0.39 is 0 Å². The molecule has 0 heterocycles. The second-order valence-electron chi connectivity index (χ2n) is 2.58. The van der Waals surface area contributed by atoms with Gasteiger partial charge in [0.05, 0.1) is 0 Å². The molecule has 44 valence electrons.